The average Bonchev–Trinajstić information content (AvgIpc) is 3.55. The number of hydrogen-bond acceptors (Lipinski definition) is 5. The number of carbonyl (C=O) groups excluding carboxylic acids is 5. The molecule has 0 aliphatic heterocycles. The minimum atomic E-state index is 0.0859. The van der Waals surface area contributed by atoms with Gasteiger partial charge in [0.2, 0.25) is 0 Å². The summed E-state index contributed by atoms with van der Waals surface area (Å²) in [5, 5.41) is 0. The minimum Gasteiger partial charge on any atom is -0.294 e. The molecule has 0 amide bonds. The Bertz CT molecular complexity index is 2580. The summed E-state index contributed by atoms with van der Waals surface area (Å²) in [6.07, 6.45) is 44.5. The Labute approximate surface area is 559 Å². The van der Waals surface area contributed by atoms with Gasteiger partial charge in [-0.25, -0.2) is 0 Å². The van der Waals surface area contributed by atoms with Crippen molar-refractivity contribution in [3.63, 3.8) is 0 Å². The Kier molecular flexibility index (Phi) is 50.4. The van der Waals surface area contributed by atoms with Crippen molar-refractivity contribution in [1.82, 2.24) is 0 Å². The van der Waals surface area contributed by atoms with Crippen LogP contribution in [-0.4, -0.2) is 28.9 Å². The molecule has 506 valence electrons. The lowest BCUT2D eigenvalue weighted by Crippen LogP contribution is -2.07. The maximum absolute atomic E-state index is 11.9. The van der Waals surface area contributed by atoms with Crippen molar-refractivity contribution < 1.29 is 24.0 Å². The molecule has 5 nitrogen and oxygen atoms in total. The smallest absolute Gasteiger partial charge is 0.165 e. The van der Waals surface area contributed by atoms with Gasteiger partial charge < -0.3 is 0 Å². The molecule has 5 heteroatoms. The van der Waals surface area contributed by atoms with E-state index in [1.54, 1.807) is 0 Å². The van der Waals surface area contributed by atoms with Crippen LogP contribution in [0.2, 0.25) is 0 Å². The fraction of sp³-hybridized carbons (Fsp3) is 0.593. The van der Waals surface area contributed by atoms with E-state index in [2.05, 4.69) is 95.3 Å². The second-order valence-corrected chi connectivity index (χ2v) is 26.5. The van der Waals surface area contributed by atoms with Crippen molar-refractivity contribution in [2.75, 3.05) is 0 Å². The number of Topliss-reactive ketones (excluding diaryl/α,β-unsaturated/α-hetero) is 5. The van der Waals surface area contributed by atoms with Gasteiger partial charge in [-0.05, 0) is 92.0 Å². The van der Waals surface area contributed by atoms with E-state index >= 15 is 0 Å². The van der Waals surface area contributed by atoms with Crippen LogP contribution < -0.4 is 0 Å². The first kappa shape index (κ1) is 83.5. The first-order valence-corrected chi connectivity index (χ1v) is 37.1. The second kappa shape index (κ2) is 55.0. The SMILES string of the molecule is CCCCCCCCCCCCc1ccc(C(=O)C(C)C)cc1.CCCCCCCCCCCCc1ccc(C(=O)CC)cc1.CCCCCc1ccc(C(=O)C(C)C)cc1.CCCCCc1ccc(C(=O)CC)cc1.CCCCc1ccc(C(=O)C(C)C)cc1. The number of hydrogen-bond donors (Lipinski definition) is 0. The van der Waals surface area contributed by atoms with Gasteiger partial charge in [-0.2, -0.15) is 0 Å². The number of rotatable bonds is 43. The van der Waals surface area contributed by atoms with Crippen LogP contribution in [0.15, 0.2) is 121 Å². The van der Waals surface area contributed by atoms with Gasteiger partial charge in [0.1, 0.15) is 0 Å². The average molecular weight is 1250 g/mol. The molecule has 0 heterocycles. The zero-order chi connectivity index (χ0) is 67.3. The summed E-state index contributed by atoms with van der Waals surface area (Å²) < 4.78 is 0. The summed E-state index contributed by atoms with van der Waals surface area (Å²) >= 11 is 0. The van der Waals surface area contributed by atoms with Crippen molar-refractivity contribution in [1.29, 1.82) is 0 Å². The molecule has 0 spiro atoms. The van der Waals surface area contributed by atoms with Crippen LogP contribution in [0.5, 0.6) is 0 Å². The first-order chi connectivity index (χ1) is 44.0. The Morgan fingerprint density at radius 1 is 0.220 bits per heavy atom. The van der Waals surface area contributed by atoms with Crippen LogP contribution in [0.1, 0.15) is 362 Å². The topological polar surface area (TPSA) is 85.3 Å². The van der Waals surface area contributed by atoms with Crippen LogP contribution in [0, 0.1) is 17.8 Å². The summed E-state index contributed by atoms with van der Waals surface area (Å²) in [5.74, 6) is 1.45. The number of ketones is 5. The third-order valence-electron chi connectivity index (χ3n) is 17.1. The number of benzene rings is 5. The first-order valence-electron chi connectivity index (χ1n) is 37.1. The molecule has 5 aromatic carbocycles. The summed E-state index contributed by atoms with van der Waals surface area (Å²) in [4.78, 5) is 58.2. The molecule has 0 atom stereocenters. The molecule has 0 aromatic heterocycles. The highest BCUT2D eigenvalue weighted by Gasteiger charge is 2.12. The molecule has 0 bridgehead atoms. The van der Waals surface area contributed by atoms with E-state index in [-0.39, 0.29) is 46.7 Å². The van der Waals surface area contributed by atoms with Crippen molar-refractivity contribution in [3.05, 3.63) is 177 Å². The Morgan fingerprint density at radius 2 is 0.385 bits per heavy atom. The second-order valence-electron chi connectivity index (χ2n) is 26.5. The van der Waals surface area contributed by atoms with Gasteiger partial charge in [0.25, 0.3) is 0 Å². The molecular formula is C86H132O5. The Hall–Kier alpha value is -5.55. The van der Waals surface area contributed by atoms with E-state index in [1.165, 1.54) is 208 Å². The molecule has 0 saturated carbocycles. The molecule has 0 radical (unpaired) electrons. The van der Waals surface area contributed by atoms with Gasteiger partial charge in [0, 0.05) is 58.4 Å². The number of unbranched alkanes of at least 4 members (excludes halogenated alkanes) is 23. The molecule has 0 aliphatic carbocycles. The number of carbonyl (C=O) groups is 5. The summed E-state index contributed by atoms with van der Waals surface area (Å²) in [7, 11) is 0. The highest BCUT2D eigenvalue weighted by atomic mass is 16.1. The lowest BCUT2D eigenvalue weighted by molar-refractivity contribution is 0.0932. The minimum absolute atomic E-state index is 0.0859. The molecule has 91 heavy (non-hydrogen) atoms. The zero-order valence-corrected chi connectivity index (χ0v) is 60.6. The maximum atomic E-state index is 11.9. The van der Waals surface area contributed by atoms with E-state index in [1.807, 2.05) is 116 Å². The van der Waals surface area contributed by atoms with Gasteiger partial charge in [-0.1, -0.05) is 359 Å². The van der Waals surface area contributed by atoms with Gasteiger partial charge >= 0.3 is 0 Å². The van der Waals surface area contributed by atoms with Crippen molar-refractivity contribution >= 4 is 28.9 Å². The summed E-state index contributed by atoms with van der Waals surface area (Å²) in [5.41, 5.74) is 11.0. The van der Waals surface area contributed by atoms with Gasteiger partial charge in [-0.3, -0.25) is 24.0 Å². The Morgan fingerprint density at radius 3 is 0.582 bits per heavy atom. The largest absolute Gasteiger partial charge is 0.294 e. The van der Waals surface area contributed by atoms with Crippen LogP contribution in [-0.2, 0) is 32.1 Å². The zero-order valence-electron chi connectivity index (χ0n) is 60.6. The monoisotopic (exact) mass is 1250 g/mol. The molecule has 0 unspecified atom stereocenters. The standard InChI is InChI=1S/C22H36O.C21H34O.C15H22O.2C14H20O/c1-4-5-6-7-8-9-10-11-12-13-14-20-15-17-21(18-16-20)22(23)19(2)3;1-3-5-6-7-8-9-10-11-12-13-14-19-15-17-20(18-16-19)21(22)4-2;1-4-5-6-7-13-8-10-14(11-9-13)15(16)12(2)3;1-4-5-6-12-7-9-13(10-8-12)14(15)11(2)3;1-3-5-6-7-12-8-10-13(11-9-12)14(15)4-2/h15-19H,4-14H2,1-3H3;15-18H,3-14H2,1-2H3;8-12H,4-7H2,1-3H3;7-11H,4-6H2,1-3H3;8-11H,3-7H2,1-2H3. The van der Waals surface area contributed by atoms with E-state index < -0.39 is 0 Å². The van der Waals surface area contributed by atoms with Gasteiger partial charge in [0.15, 0.2) is 28.9 Å². The molecule has 5 rings (SSSR count). The molecule has 5 aromatic rings. The lowest BCUT2D eigenvalue weighted by atomic mass is 9.98. The highest BCUT2D eigenvalue weighted by molar-refractivity contribution is 5.99. The predicted molar refractivity (Wildman–Crippen MR) is 395 cm³/mol. The van der Waals surface area contributed by atoms with E-state index in [0.717, 1.165) is 59.9 Å². The summed E-state index contributed by atoms with van der Waals surface area (Å²) in [6, 6.07) is 40.7. The van der Waals surface area contributed by atoms with Gasteiger partial charge in [0.05, 0.1) is 0 Å². The molecular weight excluding hydrogens is 1110 g/mol. The molecule has 0 aliphatic rings. The van der Waals surface area contributed by atoms with Crippen LogP contribution >= 0.6 is 0 Å². The van der Waals surface area contributed by atoms with E-state index in [0.29, 0.717) is 12.8 Å². The van der Waals surface area contributed by atoms with Crippen molar-refractivity contribution in [2.24, 2.45) is 17.8 Å². The fourth-order valence-electron chi connectivity index (χ4n) is 10.8. The Balaban J connectivity index is 0.000000576. The fourth-order valence-corrected chi connectivity index (χ4v) is 10.8. The quantitative estimate of drug-likeness (QED) is 0.0287. The molecule has 0 saturated heterocycles. The van der Waals surface area contributed by atoms with E-state index in [9.17, 15) is 24.0 Å². The normalized spacial score (nSPS) is 10.8. The van der Waals surface area contributed by atoms with Crippen molar-refractivity contribution in [2.45, 2.75) is 315 Å². The number of aryl methyl sites for hydroxylation is 5. The highest BCUT2D eigenvalue weighted by Crippen LogP contribution is 2.19. The van der Waals surface area contributed by atoms with Crippen LogP contribution in [0.3, 0.4) is 0 Å². The lowest BCUT2D eigenvalue weighted by Gasteiger charge is -2.06. The summed E-state index contributed by atoms with van der Waals surface area (Å²) in [6.45, 7) is 26.7. The predicted octanol–water partition coefficient (Wildman–Crippen LogP) is 25.9. The molecule has 0 fully saturated rings. The van der Waals surface area contributed by atoms with E-state index in [4.69, 9.17) is 0 Å². The van der Waals surface area contributed by atoms with Crippen LogP contribution in [0.25, 0.3) is 0 Å². The third kappa shape index (κ3) is 40.9. The van der Waals surface area contributed by atoms with Crippen molar-refractivity contribution in [3.8, 4) is 0 Å². The maximum Gasteiger partial charge on any atom is 0.165 e. The van der Waals surface area contributed by atoms with Gasteiger partial charge in [-0.15, -0.1) is 0 Å². The third-order valence-corrected chi connectivity index (χ3v) is 17.1. The van der Waals surface area contributed by atoms with Crippen LogP contribution in [0.4, 0.5) is 0 Å². The molecule has 0 N–H and O–H groups in total.